The first-order chi connectivity index (χ1) is 19.4. The molecule has 3 aromatic rings. The molecule has 1 atom stereocenters. The van der Waals surface area contributed by atoms with Crippen LogP contribution in [0.25, 0.3) is 0 Å². The van der Waals surface area contributed by atoms with Gasteiger partial charge in [-0.3, -0.25) is 24.0 Å². The number of sulfonamides is 1. The molecule has 0 spiro atoms. The van der Waals surface area contributed by atoms with Gasteiger partial charge in [0.15, 0.2) is 0 Å². The number of nitro groups is 1. The SMILES string of the molecule is CCNC(=O)[C@H](Cc1ccccc1)N(Cc1ccc(Br)cc1)C(=O)CN(c1cc([N+](=O)[O-])ccc1OC)S(C)(=O)=O. The fourth-order valence-corrected chi connectivity index (χ4v) is 5.32. The Labute approximate surface area is 247 Å². The highest BCUT2D eigenvalue weighted by atomic mass is 79.9. The molecule has 0 aliphatic carbocycles. The van der Waals surface area contributed by atoms with Crippen LogP contribution in [0.1, 0.15) is 18.1 Å². The molecule has 0 aliphatic heterocycles. The van der Waals surface area contributed by atoms with Crippen LogP contribution in [0.2, 0.25) is 0 Å². The number of nitrogens with one attached hydrogen (secondary N) is 1. The van der Waals surface area contributed by atoms with Gasteiger partial charge in [0.25, 0.3) is 5.69 Å². The Bertz CT molecular complexity index is 1490. The molecule has 0 unspecified atom stereocenters. The third-order valence-electron chi connectivity index (χ3n) is 6.21. The van der Waals surface area contributed by atoms with Gasteiger partial charge in [0, 0.05) is 36.1 Å². The molecule has 0 fully saturated rings. The lowest BCUT2D eigenvalue weighted by Gasteiger charge is -2.33. The summed E-state index contributed by atoms with van der Waals surface area (Å²) < 4.78 is 32.8. The van der Waals surface area contributed by atoms with Crippen LogP contribution in [-0.4, -0.2) is 62.6 Å². The second kappa shape index (κ2) is 14.1. The number of nitro benzene ring substituents is 1. The lowest BCUT2D eigenvalue weighted by molar-refractivity contribution is -0.384. The highest BCUT2D eigenvalue weighted by Gasteiger charge is 2.34. The number of amides is 2. The van der Waals surface area contributed by atoms with E-state index < -0.39 is 39.3 Å². The van der Waals surface area contributed by atoms with Crippen LogP contribution in [0.4, 0.5) is 11.4 Å². The normalized spacial score (nSPS) is 11.8. The van der Waals surface area contributed by atoms with E-state index in [4.69, 9.17) is 4.74 Å². The number of anilines is 1. The van der Waals surface area contributed by atoms with E-state index in [9.17, 15) is 28.1 Å². The van der Waals surface area contributed by atoms with Gasteiger partial charge in [-0.2, -0.15) is 0 Å². The second-order valence-corrected chi connectivity index (χ2v) is 12.0. The minimum Gasteiger partial charge on any atom is -0.495 e. The lowest BCUT2D eigenvalue weighted by atomic mass is 10.0. The van der Waals surface area contributed by atoms with Crippen molar-refractivity contribution < 1.29 is 27.7 Å². The topological polar surface area (TPSA) is 139 Å². The molecule has 11 nitrogen and oxygen atoms in total. The Hall–Kier alpha value is -3.97. The minimum atomic E-state index is -4.14. The highest BCUT2D eigenvalue weighted by Crippen LogP contribution is 2.34. The van der Waals surface area contributed by atoms with Crippen molar-refractivity contribution in [2.24, 2.45) is 0 Å². The van der Waals surface area contributed by atoms with Crippen molar-refractivity contribution >= 4 is 49.1 Å². The number of rotatable bonds is 13. The summed E-state index contributed by atoms with van der Waals surface area (Å²) in [7, 11) is -2.85. The average Bonchev–Trinajstić information content (AvgIpc) is 2.94. The molecule has 0 heterocycles. The lowest BCUT2D eigenvalue weighted by Crippen LogP contribution is -2.53. The van der Waals surface area contributed by atoms with Gasteiger partial charge in [0.1, 0.15) is 24.0 Å². The Balaban J connectivity index is 2.10. The predicted octanol–water partition coefficient (Wildman–Crippen LogP) is 3.91. The number of hydrogen-bond donors (Lipinski definition) is 1. The van der Waals surface area contributed by atoms with Crippen molar-refractivity contribution in [3.63, 3.8) is 0 Å². The number of hydrogen-bond acceptors (Lipinski definition) is 7. The predicted molar refractivity (Wildman–Crippen MR) is 159 cm³/mol. The van der Waals surface area contributed by atoms with E-state index in [0.29, 0.717) is 12.1 Å². The van der Waals surface area contributed by atoms with Crippen LogP contribution in [-0.2, 0) is 32.6 Å². The summed E-state index contributed by atoms with van der Waals surface area (Å²) >= 11 is 3.39. The third-order valence-corrected chi connectivity index (χ3v) is 7.86. The molecule has 0 saturated carbocycles. The number of halogens is 1. The molecule has 3 aromatic carbocycles. The largest absolute Gasteiger partial charge is 0.495 e. The van der Waals surface area contributed by atoms with Gasteiger partial charge < -0.3 is 15.0 Å². The first-order valence-electron chi connectivity index (χ1n) is 12.6. The quantitative estimate of drug-likeness (QED) is 0.219. The molecular weight excluding hydrogens is 616 g/mol. The molecule has 0 aromatic heterocycles. The van der Waals surface area contributed by atoms with E-state index in [-0.39, 0.29) is 30.1 Å². The number of carbonyl (C=O) groups is 2. The number of carbonyl (C=O) groups excluding carboxylic acids is 2. The molecule has 41 heavy (non-hydrogen) atoms. The van der Waals surface area contributed by atoms with Gasteiger partial charge >= 0.3 is 0 Å². The molecule has 0 saturated heterocycles. The van der Waals surface area contributed by atoms with E-state index in [0.717, 1.165) is 26.7 Å². The van der Waals surface area contributed by atoms with Crippen molar-refractivity contribution in [1.82, 2.24) is 10.2 Å². The molecule has 0 bridgehead atoms. The van der Waals surface area contributed by atoms with E-state index in [1.165, 1.54) is 24.1 Å². The Kier molecular flexibility index (Phi) is 10.8. The summed E-state index contributed by atoms with van der Waals surface area (Å²) in [5, 5.41) is 14.2. The van der Waals surface area contributed by atoms with Gasteiger partial charge in [-0.25, -0.2) is 8.42 Å². The number of non-ortho nitro benzene ring substituents is 1. The van der Waals surface area contributed by atoms with E-state index in [2.05, 4.69) is 21.2 Å². The monoisotopic (exact) mass is 646 g/mol. The average molecular weight is 648 g/mol. The van der Waals surface area contributed by atoms with Gasteiger partial charge in [0.2, 0.25) is 21.8 Å². The van der Waals surface area contributed by atoms with Gasteiger partial charge in [-0.1, -0.05) is 58.4 Å². The van der Waals surface area contributed by atoms with Crippen molar-refractivity contribution in [1.29, 1.82) is 0 Å². The second-order valence-electron chi connectivity index (χ2n) is 9.13. The number of likely N-dealkylation sites (N-methyl/N-ethyl adjacent to an activating group) is 1. The molecular formula is C28H31BrN4O7S. The maximum atomic E-state index is 14.1. The van der Waals surface area contributed by atoms with E-state index in [1.807, 2.05) is 30.3 Å². The highest BCUT2D eigenvalue weighted by molar-refractivity contribution is 9.10. The van der Waals surface area contributed by atoms with Crippen molar-refractivity contribution in [3.05, 3.63) is 98.5 Å². The fraction of sp³-hybridized carbons (Fsp3) is 0.286. The molecule has 0 aliphatic rings. The third kappa shape index (κ3) is 8.51. The molecule has 0 radical (unpaired) electrons. The Morgan fingerprint density at radius 2 is 1.71 bits per heavy atom. The van der Waals surface area contributed by atoms with Crippen LogP contribution in [0.15, 0.2) is 77.3 Å². The zero-order chi connectivity index (χ0) is 30.2. The van der Waals surface area contributed by atoms with Crippen LogP contribution < -0.4 is 14.4 Å². The minimum absolute atomic E-state index is 0.00439. The van der Waals surface area contributed by atoms with Crippen molar-refractivity contribution in [2.75, 3.05) is 30.8 Å². The zero-order valence-corrected chi connectivity index (χ0v) is 25.2. The van der Waals surface area contributed by atoms with Gasteiger partial charge in [-0.05, 0) is 36.2 Å². The van der Waals surface area contributed by atoms with E-state index in [1.54, 1.807) is 31.2 Å². The first-order valence-corrected chi connectivity index (χ1v) is 15.2. The summed E-state index contributed by atoms with van der Waals surface area (Å²) in [5.41, 5.74) is 0.970. The maximum Gasteiger partial charge on any atom is 0.271 e. The summed E-state index contributed by atoms with van der Waals surface area (Å²) in [4.78, 5) is 39.6. The standard InChI is InChI=1S/C28H31BrN4O7S/c1-4-30-28(35)25(16-20-8-6-5-7-9-20)31(18-21-10-12-22(29)13-11-21)27(34)19-32(41(3,38)39)24-17-23(33(36)37)14-15-26(24)40-2/h5-15,17,25H,4,16,18-19H2,1-3H3,(H,30,35)/t25-/m0/s1. The number of methoxy groups -OCH3 is 1. The molecule has 218 valence electrons. The van der Waals surface area contributed by atoms with Crippen LogP contribution >= 0.6 is 15.9 Å². The number of nitrogens with zero attached hydrogens (tertiary/aromatic N) is 3. The maximum absolute atomic E-state index is 14.1. The summed E-state index contributed by atoms with van der Waals surface area (Å²) in [6.45, 7) is 1.37. The first kappa shape index (κ1) is 31.6. The summed E-state index contributed by atoms with van der Waals surface area (Å²) in [5.74, 6) is -1.06. The molecule has 3 rings (SSSR count). The smallest absolute Gasteiger partial charge is 0.271 e. The van der Waals surface area contributed by atoms with Gasteiger partial charge in [0.05, 0.1) is 18.3 Å². The van der Waals surface area contributed by atoms with Crippen molar-refractivity contribution in [3.8, 4) is 5.75 Å². The van der Waals surface area contributed by atoms with Gasteiger partial charge in [-0.15, -0.1) is 0 Å². The van der Waals surface area contributed by atoms with Crippen LogP contribution in [0, 0.1) is 10.1 Å². The van der Waals surface area contributed by atoms with Crippen LogP contribution in [0.5, 0.6) is 5.75 Å². The fourth-order valence-electron chi connectivity index (χ4n) is 4.21. The Morgan fingerprint density at radius 3 is 2.27 bits per heavy atom. The summed E-state index contributed by atoms with van der Waals surface area (Å²) in [6, 6.07) is 18.8. The number of benzene rings is 3. The van der Waals surface area contributed by atoms with Crippen LogP contribution in [0.3, 0.4) is 0 Å². The molecule has 2 amide bonds. The number of ether oxygens (including phenoxy) is 1. The zero-order valence-electron chi connectivity index (χ0n) is 22.8. The van der Waals surface area contributed by atoms with Crippen molar-refractivity contribution in [2.45, 2.75) is 25.9 Å². The molecule has 13 heteroatoms. The van der Waals surface area contributed by atoms with E-state index >= 15 is 0 Å². The molecule has 1 N–H and O–H groups in total. The Morgan fingerprint density at radius 1 is 1.05 bits per heavy atom. The summed E-state index contributed by atoms with van der Waals surface area (Å²) in [6.07, 6.45) is 1.07.